The maximum atomic E-state index is 9.62. The topological polar surface area (TPSA) is 46.2 Å². The molecule has 82 valence electrons. The van der Waals surface area contributed by atoms with Crippen molar-refractivity contribution in [1.82, 2.24) is 0 Å². The first-order valence-corrected chi connectivity index (χ1v) is 5.46. The van der Waals surface area contributed by atoms with Gasteiger partial charge in [0.15, 0.2) is 0 Å². The maximum absolute atomic E-state index is 9.62. The van der Waals surface area contributed by atoms with Gasteiger partial charge in [0.2, 0.25) is 0 Å². The van der Waals surface area contributed by atoms with Crippen LogP contribution in [-0.4, -0.2) is 17.3 Å². The molecule has 2 unspecified atom stereocenters. The van der Waals surface area contributed by atoms with Crippen molar-refractivity contribution in [2.45, 2.75) is 52.7 Å². The summed E-state index contributed by atoms with van der Waals surface area (Å²) in [6.07, 6.45) is 5.42. The smallest absolute Gasteiger partial charge is 0.0943 e. The number of allylic oxidation sites excluding steroid dienone is 1. The van der Waals surface area contributed by atoms with E-state index in [4.69, 9.17) is 5.73 Å². The number of rotatable bonds is 2. The highest BCUT2D eigenvalue weighted by Gasteiger charge is 2.26. The van der Waals surface area contributed by atoms with Crippen LogP contribution in [0.3, 0.4) is 0 Å². The third kappa shape index (κ3) is 3.28. The van der Waals surface area contributed by atoms with Crippen LogP contribution in [0.4, 0.5) is 0 Å². The molecule has 2 heteroatoms. The predicted octanol–water partition coefficient (Wildman–Crippen LogP) is 2.39. The van der Waals surface area contributed by atoms with Crippen molar-refractivity contribution in [3.8, 4) is 0 Å². The Balaban J connectivity index is 0.000000791. The van der Waals surface area contributed by atoms with Gasteiger partial charge in [0.1, 0.15) is 0 Å². The highest BCUT2D eigenvalue weighted by Crippen LogP contribution is 2.26. The van der Waals surface area contributed by atoms with Crippen LogP contribution >= 0.6 is 0 Å². The Kier molecular flexibility index (Phi) is 6.50. The van der Waals surface area contributed by atoms with Crippen LogP contribution in [0.2, 0.25) is 0 Å². The summed E-state index contributed by atoms with van der Waals surface area (Å²) in [4.78, 5) is 0. The number of hydrogen-bond acceptors (Lipinski definition) is 2. The van der Waals surface area contributed by atoms with E-state index in [0.717, 1.165) is 18.4 Å². The van der Waals surface area contributed by atoms with E-state index in [0.29, 0.717) is 0 Å². The summed E-state index contributed by atoms with van der Waals surface area (Å²) < 4.78 is 0. The molecule has 0 aliphatic heterocycles. The van der Waals surface area contributed by atoms with Crippen molar-refractivity contribution < 1.29 is 5.11 Å². The molecule has 1 aliphatic rings. The van der Waals surface area contributed by atoms with Crippen molar-refractivity contribution >= 4 is 0 Å². The molecular weight excluding hydrogens is 174 g/mol. The minimum atomic E-state index is -0.451. The van der Waals surface area contributed by atoms with Crippen LogP contribution in [0.5, 0.6) is 0 Å². The van der Waals surface area contributed by atoms with Gasteiger partial charge in [0.25, 0.3) is 0 Å². The van der Waals surface area contributed by atoms with Gasteiger partial charge in [-0.25, -0.2) is 0 Å². The van der Waals surface area contributed by atoms with Gasteiger partial charge in [0, 0.05) is 6.04 Å². The third-order valence-corrected chi connectivity index (χ3v) is 2.29. The van der Waals surface area contributed by atoms with E-state index in [1.165, 1.54) is 5.57 Å². The summed E-state index contributed by atoms with van der Waals surface area (Å²) in [7, 11) is 0. The van der Waals surface area contributed by atoms with Crippen LogP contribution < -0.4 is 5.73 Å². The molecule has 2 atom stereocenters. The van der Waals surface area contributed by atoms with Gasteiger partial charge >= 0.3 is 0 Å². The van der Waals surface area contributed by atoms with Crippen molar-refractivity contribution in [3.63, 3.8) is 0 Å². The molecule has 2 nitrogen and oxygen atoms in total. The van der Waals surface area contributed by atoms with Crippen LogP contribution in [0.25, 0.3) is 0 Å². The zero-order valence-electron chi connectivity index (χ0n) is 9.75. The fourth-order valence-electron chi connectivity index (χ4n) is 1.55. The first-order valence-electron chi connectivity index (χ1n) is 5.46. The van der Waals surface area contributed by atoms with Crippen LogP contribution in [0.15, 0.2) is 23.3 Å². The molecule has 0 fully saturated rings. The van der Waals surface area contributed by atoms with E-state index < -0.39 is 6.10 Å². The van der Waals surface area contributed by atoms with Gasteiger partial charge in [-0.05, 0) is 25.3 Å². The zero-order chi connectivity index (χ0) is 11.1. The van der Waals surface area contributed by atoms with E-state index in [-0.39, 0.29) is 6.04 Å². The molecule has 14 heavy (non-hydrogen) atoms. The van der Waals surface area contributed by atoms with Crippen molar-refractivity contribution in [3.05, 3.63) is 23.3 Å². The second-order valence-corrected chi connectivity index (χ2v) is 3.36. The van der Waals surface area contributed by atoms with E-state index >= 15 is 0 Å². The average Bonchev–Trinajstić information content (AvgIpc) is 2.43. The Bertz CT molecular complexity index is 218. The molecule has 0 aromatic carbocycles. The van der Waals surface area contributed by atoms with Gasteiger partial charge in [-0.2, -0.15) is 0 Å². The van der Waals surface area contributed by atoms with Crippen LogP contribution in [-0.2, 0) is 0 Å². The molecule has 0 saturated carbocycles. The summed E-state index contributed by atoms with van der Waals surface area (Å²) in [5.41, 5.74) is 7.95. The summed E-state index contributed by atoms with van der Waals surface area (Å²) in [6, 6.07) is -0.0958. The molecule has 0 radical (unpaired) electrons. The van der Waals surface area contributed by atoms with E-state index in [2.05, 4.69) is 13.0 Å². The standard InChI is InChI=1S/C10H17NO.C2H6/c1-3-4-5-8-7(2)6-9(11)10(8)12;1-2/h4-5,9-10,12H,3,6,11H2,1-2H3;1-2H3/b5-4-;. The lowest BCUT2D eigenvalue weighted by Gasteiger charge is -2.09. The van der Waals surface area contributed by atoms with Gasteiger partial charge in [-0.15, -0.1) is 0 Å². The van der Waals surface area contributed by atoms with Crippen molar-refractivity contribution in [1.29, 1.82) is 0 Å². The fourth-order valence-corrected chi connectivity index (χ4v) is 1.55. The first kappa shape index (κ1) is 13.4. The fraction of sp³-hybridized carbons (Fsp3) is 0.667. The normalized spacial score (nSPS) is 26.7. The zero-order valence-corrected chi connectivity index (χ0v) is 9.75. The second kappa shape index (κ2) is 6.80. The Morgan fingerprint density at radius 1 is 1.50 bits per heavy atom. The van der Waals surface area contributed by atoms with Crippen LogP contribution in [0, 0.1) is 0 Å². The second-order valence-electron chi connectivity index (χ2n) is 3.36. The summed E-state index contributed by atoms with van der Waals surface area (Å²) in [6.45, 7) is 8.11. The van der Waals surface area contributed by atoms with Gasteiger partial charge in [0.05, 0.1) is 6.10 Å². The van der Waals surface area contributed by atoms with E-state index in [1.807, 2.05) is 26.8 Å². The molecule has 0 saturated heterocycles. The molecule has 0 heterocycles. The van der Waals surface area contributed by atoms with Gasteiger partial charge < -0.3 is 10.8 Å². The third-order valence-electron chi connectivity index (χ3n) is 2.29. The summed E-state index contributed by atoms with van der Waals surface area (Å²) >= 11 is 0. The largest absolute Gasteiger partial charge is 0.387 e. The SMILES string of the molecule is CC.CC/C=C\C1=C(C)CC(N)C1O. The minimum absolute atomic E-state index is 0.0958. The average molecular weight is 197 g/mol. The lowest BCUT2D eigenvalue weighted by atomic mass is 10.1. The minimum Gasteiger partial charge on any atom is -0.387 e. The number of nitrogens with two attached hydrogens (primary N) is 1. The Morgan fingerprint density at radius 3 is 2.43 bits per heavy atom. The molecule has 3 N–H and O–H groups in total. The van der Waals surface area contributed by atoms with Gasteiger partial charge in [-0.1, -0.05) is 38.5 Å². The predicted molar refractivity (Wildman–Crippen MR) is 62.1 cm³/mol. The molecule has 0 aromatic rings. The Hall–Kier alpha value is -0.600. The molecule has 0 spiro atoms. The number of hydrogen-bond donors (Lipinski definition) is 2. The lowest BCUT2D eigenvalue weighted by molar-refractivity contribution is 0.194. The molecule has 1 aliphatic carbocycles. The number of aliphatic hydroxyl groups is 1. The lowest BCUT2D eigenvalue weighted by Crippen LogP contribution is -2.30. The van der Waals surface area contributed by atoms with Crippen molar-refractivity contribution in [2.24, 2.45) is 5.73 Å². The molecule has 0 bridgehead atoms. The summed E-state index contributed by atoms with van der Waals surface area (Å²) in [5, 5.41) is 9.62. The van der Waals surface area contributed by atoms with E-state index in [1.54, 1.807) is 0 Å². The first-order chi connectivity index (χ1) is 6.66. The molecule has 1 rings (SSSR count). The highest BCUT2D eigenvalue weighted by molar-refractivity contribution is 5.35. The summed E-state index contributed by atoms with van der Waals surface area (Å²) in [5.74, 6) is 0. The van der Waals surface area contributed by atoms with Crippen LogP contribution in [0.1, 0.15) is 40.5 Å². The molecule has 0 aromatic heterocycles. The Morgan fingerprint density at radius 2 is 2.07 bits per heavy atom. The van der Waals surface area contributed by atoms with E-state index in [9.17, 15) is 5.11 Å². The molecular formula is C12H23NO. The molecule has 0 amide bonds. The number of aliphatic hydroxyl groups excluding tert-OH is 1. The quantitative estimate of drug-likeness (QED) is 0.714. The van der Waals surface area contributed by atoms with Crippen molar-refractivity contribution in [2.75, 3.05) is 0 Å². The highest BCUT2D eigenvalue weighted by atomic mass is 16.3. The maximum Gasteiger partial charge on any atom is 0.0943 e. The van der Waals surface area contributed by atoms with Gasteiger partial charge in [-0.3, -0.25) is 0 Å². The Labute approximate surface area is 87.5 Å². The monoisotopic (exact) mass is 197 g/mol.